The third-order valence-electron chi connectivity index (χ3n) is 4.19. The Hall–Kier alpha value is -1.45. The number of nitrogens with one attached hydrogen (secondary N) is 1. The number of methoxy groups -OCH3 is 1. The first-order valence-electron chi connectivity index (χ1n) is 9.61. The Morgan fingerprint density at radius 3 is 2.24 bits per heavy atom. The van der Waals surface area contributed by atoms with Crippen LogP contribution >= 0.6 is 12.0 Å². The second kappa shape index (κ2) is 15.4. The van der Waals surface area contributed by atoms with Crippen LogP contribution in [0.4, 0.5) is 13.2 Å². The number of carbonyl (C=O) groups is 1. The van der Waals surface area contributed by atoms with Crippen LogP contribution in [0.2, 0.25) is 0 Å². The maximum atomic E-state index is 11.7. The Bertz CT molecular complexity index is 552. The molecule has 1 aromatic carbocycles. The van der Waals surface area contributed by atoms with Crippen LogP contribution in [0.3, 0.4) is 0 Å². The monoisotopic (exact) mass is 439 g/mol. The number of aliphatic hydroxyl groups is 1. The molecule has 1 fully saturated rings. The van der Waals surface area contributed by atoms with E-state index in [0.717, 1.165) is 24.2 Å². The summed E-state index contributed by atoms with van der Waals surface area (Å²) in [6, 6.07) is 7.62. The molecule has 168 valence electrons. The predicted octanol–water partition coefficient (Wildman–Crippen LogP) is 5.08. The fourth-order valence-electron chi connectivity index (χ4n) is 2.47. The highest BCUT2D eigenvalue weighted by atomic mass is 32.2. The summed E-state index contributed by atoms with van der Waals surface area (Å²) in [6.07, 6.45) is 0.796. The molecule has 0 aliphatic heterocycles. The van der Waals surface area contributed by atoms with E-state index in [4.69, 9.17) is 4.74 Å². The molecule has 1 unspecified atom stereocenters. The fourth-order valence-corrected chi connectivity index (χ4v) is 2.66. The van der Waals surface area contributed by atoms with E-state index in [0.29, 0.717) is 25.3 Å². The summed E-state index contributed by atoms with van der Waals surface area (Å²) in [7, 11) is 1.63. The third-order valence-corrected chi connectivity index (χ3v) is 4.54. The third kappa shape index (κ3) is 13.4. The van der Waals surface area contributed by atoms with Gasteiger partial charge in [0, 0.05) is 19.2 Å². The molecular weight excluding hydrogens is 407 g/mol. The topological polar surface area (TPSA) is 67.8 Å². The van der Waals surface area contributed by atoms with Crippen molar-refractivity contribution < 1.29 is 32.0 Å². The summed E-state index contributed by atoms with van der Waals surface area (Å²) in [5.41, 5.74) is 1.04. The molecule has 1 atom stereocenters. The molecule has 0 spiro atoms. The molecule has 9 heteroatoms. The minimum Gasteiger partial charge on any atom is -0.497 e. The highest BCUT2D eigenvalue weighted by molar-refractivity contribution is 7.93. The highest BCUT2D eigenvalue weighted by Crippen LogP contribution is 2.31. The maximum Gasteiger partial charge on any atom is 0.533 e. The van der Waals surface area contributed by atoms with Gasteiger partial charge in [-0.25, -0.2) is 4.18 Å². The van der Waals surface area contributed by atoms with Gasteiger partial charge in [0.1, 0.15) is 5.75 Å². The molecule has 1 saturated carbocycles. The van der Waals surface area contributed by atoms with Crippen LogP contribution in [0.15, 0.2) is 24.3 Å². The molecule has 5 nitrogen and oxygen atoms in total. The number of rotatable bonds is 8. The summed E-state index contributed by atoms with van der Waals surface area (Å²) >= 11 is 0.284. The summed E-state index contributed by atoms with van der Waals surface area (Å²) in [5, 5.41) is 12.7. The van der Waals surface area contributed by atoms with Crippen molar-refractivity contribution in [3.63, 3.8) is 0 Å². The highest BCUT2D eigenvalue weighted by Gasteiger charge is 2.29. The normalized spacial score (nSPS) is 14.3. The SMILES string of the molecule is CC.COc1ccc(CNC(=O)CCC(O)C2CCC2)cc1.CSOC(F)(F)F. The molecule has 2 N–H and O–H groups in total. The lowest BCUT2D eigenvalue weighted by atomic mass is 9.80. The van der Waals surface area contributed by atoms with Crippen LogP contribution in [0, 0.1) is 5.92 Å². The van der Waals surface area contributed by atoms with E-state index in [1.807, 2.05) is 38.1 Å². The summed E-state index contributed by atoms with van der Waals surface area (Å²) in [6.45, 7) is 4.52. The minimum absolute atomic E-state index is 0.000749. The van der Waals surface area contributed by atoms with Gasteiger partial charge in [0.15, 0.2) is 0 Å². The van der Waals surface area contributed by atoms with Crippen molar-refractivity contribution in [2.75, 3.05) is 13.4 Å². The first-order valence-corrected chi connectivity index (χ1v) is 10.8. The van der Waals surface area contributed by atoms with Crippen molar-refractivity contribution in [1.29, 1.82) is 0 Å². The number of hydrogen-bond donors (Lipinski definition) is 2. The zero-order valence-electron chi connectivity index (χ0n) is 17.4. The molecule has 0 heterocycles. The van der Waals surface area contributed by atoms with Gasteiger partial charge in [-0.15, -0.1) is 13.2 Å². The zero-order valence-corrected chi connectivity index (χ0v) is 18.2. The smallest absolute Gasteiger partial charge is 0.497 e. The predicted molar refractivity (Wildman–Crippen MR) is 109 cm³/mol. The fraction of sp³-hybridized carbons (Fsp3) is 0.650. The van der Waals surface area contributed by atoms with E-state index in [9.17, 15) is 23.1 Å². The second-order valence-corrected chi connectivity index (χ2v) is 6.62. The molecule has 1 aromatic rings. The van der Waals surface area contributed by atoms with Gasteiger partial charge in [0.05, 0.1) is 13.2 Å². The van der Waals surface area contributed by atoms with Crippen LogP contribution in [-0.2, 0) is 15.5 Å². The number of carbonyl (C=O) groups excluding carboxylic acids is 1. The molecule has 0 aromatic heterocycles. The van der Waals surface area contributed by atoms with Crippen LogP contribution in [0.25, 0.3) is 0 Å². The lowest BCUT2D eigenvalue weighted by molar-refractivity contribution is -0.266. The number of amides is 1. The van der Waals surface area contributed by atoms with Gasteiger partial charge >= 0.3 is 6.36 Å². The number of hydrogen-bond acceptors (Lipinski definition) is 5. The van der Waals surface area contributed by atoms with Crippen molar-refractivity contribution in [2.45, 2.75) is 65.0 Å². The molecule has 2 rings (SSSR count). The largest absolute Gasteiger partial charge is 0.533 e. The quantitative estimate of drug-likeness (QED) is 0.553. The lowest BCUT2D eigenvalue weighted by Gasteiger charge is -2.30. The van der Waals surface area contributed by atoms with Crippen LogP contribution in [0.5, 0.6) is 5.75 Å². The van der Waals surface area contributed by atoms with E-state index < -0.39 is 6.36 Å². The molecule has 0 saturated heterocycles. The van der Waals surface area contributed by atoms with Crippen molar-refractivity contribution in [2.24, 2.45) is 5.92 Å². The summed E-state index contributed by atoms with van der Waals surface area (Å²) in [5.74, 6) is 1.23. The van der Waals surface area contributed by atoms with Gasteiger partial charge in [-0.05, 0) is 54.9 Å². The van der Waals surface area contributed by atoms with Gasteiger partial charge in [-0.1, -0.05) is 32.4 Å². The molecule has 0 radical (unpaired) electrons. The van der Waals surface area contributed by atoms with E-state index in [-0.39, 0.29) is 24.1 Å². The Kier molecular flexibility index (Phi) is 14.6. The van der Waals surface area contributed by atoms with Gasteiger partial charge in [-0.2, -0.15) is 0 Å². The van der Waals surface area contributed by atoms with E-state index in [1.165, 1.54) is 12.7 Å². The molecule has 1 aliphatic rings. The number of ether oxygens (including phenoxy) is 1. The summed E-state index contributed by atoms with van der Waals surface area (Å²) < 4.78 is 40.7. The minimum atomic E-state index is -4.49. The first kappa shape index (κ1) is 27.5. The Morgan fingerprint density at radius 1 is 1.28 bits per heavy atom. The lowest BCUT2D eigenvalue weighted by Crippen LogP contribution is -2.29. The first-order chi connectivity index (χ1) is 13.7. The van der Waals surface area contributed by atoms with Gasteiger partial charge in [0.25, 0.3) is 0 Å². The Labute approximate surface area is 175 Å². The average Bonchev–Trinajstić information content (AvgIpc) is 2.65. The molecule has 1 amide bonds. The van der Waals surface area contributed by atoms with E-state index in [1.54, 1.807) is 7.11 Å². The van der Waals surface area contributed by atoms with E-state index in [2.05, 4.69) is 9.50 Å². The number of halogens is 3. The molecule has 29 heavy (non-hydrogen) atoms. The Balaban J connectivity index is 0.000000740. The van der Waals surface area contributed by atoms with E-state index >= 15 is 0 Å². The van der Waals surface area contributed by atoms with Crippen molar-refractivity contribution in [3.05, 3.63) is 29.8 Å². The van der Waals surface area contributed by atoms with Gasteiger partial charge in [-0.3, -0.25) is 4.79 Å². The van der Waals surface area contributed by atoms with Crippen LogP contribution in [0.1, 0.15) is 51.5 Å². The van der Waals surface area contributed by atoms with Gasteiger partial charge < -0.3 is 15.2 Å². The number of aliphatic hydroxyl groups excluding tert-OH is 1. The number of alkyl halides is 3. The molecule has 1 aliphatic carbocycles. The van der Waals surface area contributed by atoms with Crippen molar-refractivity contribution in [1.82, 2.24) is 5.32 Å². The average molecular weight is 440 g/mol. The zero-order chi connectivity index (χ0) is 22.3. The molecule has 0 bridgehead atoms. The van der Waals surface area contributed by atoms with Crippen molar-refractivity contribution >= 4 is 17.9 Å². The van der Waals surface area contributed by atoms with Crippen LogP contribution in [-0.4, -0.2) is 36.8 Å². The standard InChI is InChI=1S/C16H23NO3.C2H3F3OS.C2H6/c1-20-14-7-5-12(6-8-14)11-17-16(19)10-9-15(18)13-3-2-4-13;1-7-6-2(3,4)5;1-2/h5-8,13,15,18H,2-4,9-11H2,1H3,(H,17,19);1H3;1-2H3. The number of benzene rings is 1. The second-order valence-electron chi connectivity index (χ2n) is 6.12. The van der Waals surface area contributed by atoms with Crippen molar-refractivity contribution in [3.8, 4) is 5.75 Å². The Morgan fingerprint density at radius 2 is 1.86 bits per heavy atom. The maximum absolute atomic E-state index is 11.7. The van der Waals surface area contributed by atoms with Gasteiger partial charge in [0.2, 0.25) is 5.91 Å². The molecular formula is C20H32F3NO4S. The summed E-state index contributed by atoms with van der Waals surface area (Å²) in [4.78, 5) is 11.7. The van der Waals surface area contributed by atoms with Crippen LogP contribution < -0.4 is 10.1 Å².